The molecular weight excluding hydrogens is 353 g/mol. The van der Waals surface area contributed by atoms with Gasteiger partial charge in [0.2, 0.25) is 0 Å². The molecular formula is C8H3ClF5NO5S. The van der Waals surface area contributed by atoms with Gasteiger partial charge >= 0.3 is 6.36 Å². The van der Waals surface area contributed by atoms with E-state index < -0.39 is 48.7 Å². The van der Waals surface area contributed by atoms with Crippen molar-refractivity contribution in [3.8, 4) is 5.75 Å². The van der Waals surface area contributed by atoms with Gasteiger partial charge in [-0.2, -0.15) is 0 Å². The molecule has 0 atom stereocenters. The van der Waals surface area contributed by atoms with Crippen LogP contribution in [-0.2, 0) is 9.05 Å². The number of halogens is 6. The van der Waals surface area contributed by atoms with E-state index in [4.69, 9.17) is 10.7 Å². The molecule has 1 aromatic carbocycles. The molecule has 118 valence electrons. The largest absolute Gasteiger partial charge is 0.573 e. The van der Waals surface area contributed by atoms with Gasteiger partial charge in [-0.15, -0.1) is 13.2 Å². The lowest BCUT2D eigenvalue weighted by atomic mass is 10.1. The SMILES string of the molecule is O=[N+]([O-])c1cc(OC(F)(F)F)cc(S(=O)(=O)Cl)c1C(F)F. The van der Waals surface area contributed by atoms with Crippen LogP contribution in [0.2, 0.25) is 0 Å². The monoisotopic (exact) mass is 355 g/mol. The summed E-state index contributed by atoms with van der Waals surface area (Å²) in [7, 11) is -0.165. The summed E-state index contributed by atoms with van der Waals surface area (Å²) >= 11 is 0. The van der Waals surface area contributed by atoms with Crippen LogP contribution in [0.15, 0.2) is 17.0 Å². The fourth-order valence-electron chi connectivity index (χ4n) is 1.35. The minimum atomic E-state index is -5.31. The number of ether oxygens (including phenoxy) is 1. The maximum absolute atomic E-state index is 12.8. The molecule has 21 heavy (non-hydrogen) atoms. The van der Waals surface area contributed by atoms with Crippen LogP contribution in [-0.4, -0.2) is 19.7 Å². The maximum atomic E-state index is 12.8. The molecule has 0 radical (unpaired) electrons. The summed E-state index contributed by atoms with van der Waals surface area (Å²) in [6.45, 7) is 0. The minimum Gasteiger partial charge on any atom is -0.405 e. The zero-order valence-corrected chi connectivity index (χ0v) is 11.0. The van der Waals surface area contributed by atoms with Crippen LogP contribution in [0.5, 0.6) is 5.75 Å². The van der Waals surface area contributed by atoms with Gasteiger partial charge in [0.25, 0.3) is 21.2 Å². The van der Waals surface area contributed by atoms with Crippen LogP contribution in [0.1, 0.15) is 12.0 Å². The molecule has 0 fully saturated rings. The summed E-state index contributed by atoms with van der Waals surface area (Å²) in [6, 6.07) is 0.0604. The second-order valence-electron chi connectivity index (χ2n) is 3.40. The van der Waals surface area contributed by atoms with Gasteiger partial charge in [0, 0.05) is 16.7 Å². The zero-order valence-electron chi connectivity index (χ0n) is 9.40. The zero-order chi connectivity index (χ0) is 16.6. The Balaban J connectivity index is 3.70. The second-order valence-corrected chi connectivity index (χ2v) is 5.93. The third kappa shape index (κ3) is 4.39. The number of hydrogen-bond donors (Lipinski definition) is 0. The Bertz CT molecular complexity index is 674. The Labute approximate surface area is 117 Å². The van der Waals surface area contributed by atoms with Gasteiger partial charge in [-0.05, 0) is 0 Å². The van der Waals surface area contributed by atoms with Crippen molar-refractivity contribution in [2.45, 2.75) is 17.7 Å². The molecule has 0 unspecified atom stereocenters. The highest BCUT2D eigenvalue weighted by molar-refractivity contribution is 8.13. The average molecular weight is 356 g/mol. The third-order valence-corrected chi connectivity index (χ3v) is 3.37. The van der Waals surface area contributed by atoms with E-state index >= 15 is 0 Å². The highest BCUT2D eigenvalue weighted by atomic mass is 35.7. The van der Waals surface area contributed by atoms with Crippen molar-refractivity contribution in [1.82, 2.24) is 0 Å². The Hall–Kier alpha value is -1.69. The summed E-state index contributed by atoms with van der Waals surface area (Å²) in [5, 5.41) is 10.6. The Morgan fingerprint density at radius 1 is 1.29 bits per heavy atom. The van der Waals surface area contributed by atoms with Crippen molar-refractivity contribution in [1.29, 1.82) is 0 Å². The average Bonchev–Trinajstić information content (AvgIpc) is 2.23. The van der Waals surface area contributed by atoms with Gasteiger partial charge in [0.1, 0.15) is 16.2 Å². The van der Waals surface area contributed by atoms with Gasteiger partial charge < -0.3 is 4.74 Å². The lowest BCUT2D eigenvalue weighted by Gasteiger charge is -2.12. The van der Waals surface area contributed by atoms with Crippen LogP contribution < -0.4 is 4.74 Å². The molecule has 0 N–H and O–H groups in total. The number of nitro benzene ring substituents is 1. The molecule has 0 saturated heterocycles. The first-order valence-corrected chi connectivity index (χ1v) is 6.94. The van der Waals surface area contributed by atoms with Crippen molar-refractivity contribution in [2.75, 3.05) is 0 Å². The predicted octanol–water partition coefficient (Wildman–Crippen LogP) is 3.36. The van der Waals surface area contributed by atoms with Crippen molar-refractivity contribution in [3.05, 3.63) is 27.8 Å². The van der Waals surface area contributed by atoms with E-state index in [0.29, 0.717) is 0 Å². The van der Waals surface area contributed by atoms with E-state index in [-0.39, 0.29) is 12.1 Å². The molecule has 13 heteroatoms. The summed E-state index contributed by atoms with van der Waals surface area (Å²) in [6.07, 6.45) is -8.97. The molecule has 0 heterocycles. The molecule has 0 aliphatic carbocycles. The number of nitrogens with zero attached hydrogens (tertiary/aromatic N) is 1. The number of rotatable bonds is 4. The van der Waals surface area contributed by atoms with E-state index in [1.54, 1.807) is 0 Å². The predicted molar refractivity (Wildman–Crippen MR) is 57.8 cm³/mol. The summed E-state index contributed by atoms with van der Waals surface area (Å²) in [5.74, 6) is -1.36. The smallest absolute Gasteiger partial charge is 0.405 e. The van der Waals surface area contributed by atoms with Crippen molar-refractivity contribution < 1.29 is 40.0 Å². The van der Waals surface area contributed by atoms with E-state index in [1.807, 2.05) is 0 Å². The van der Waals surface area contributed by atoms with Crippen molar-refractivity contribution in [3.63, 3.8) is 0 Å². The van der Waals surface area contributed by atoms with Crippen LogP contribution in [0.25, 0.3) is 0 Å². The van der Waals surface area contributed by atoms with Crippen LogP contribution in [0.4, 0.5) is 27.6 Å². The quantitative estimate of drug-likeness (QED) is 0.358. The highest BCUT2D eigenvalue weighted by Crippen LogP contribution is 2.40. The maximum Gasteiger partial charge on any atom is 0.573 e. The first kappa shape index (κ1) is 17.4. The van der Waals surface area contributed by atoms with Crippen LogP contribution >= 0.6 is 10.7 Å². The van der Waals surface area contributed by atoms with Gasteiger partial charge in [-0.25, -0.2) is 17.2 Å². The standard InChI is InChI=1S/C8H3ClF5NO5S/c9-21(18,19)5-2-3(20-8(12,13)14)1-4(15(16)17)6(5)7(10)11/h1-2,7H. The normalized spacial score (nSPS) is 12.5. The third-order valence-electron chi connectivity index (χ3n) is 2.00. The van der Waals surface area contributed by atoms with Crippen LogP contribution in [0, 0.1) is 10.1 Å². The van der Waals surface area contributed by atoms with E-state index in [2.05, 4.69) is 4.74 Å². The summed E-state index contributed by atoms with van der Waals surface area (Å²) in [4.78, 5) is 7.61. The number of benzene rings is 1. The number of hydrogen-bond acceptors (Lipinski definition) is 5. The first-order chi connectivity index (χ1) is 9.33. The van der Waals surface area contributed by atoms with E-state index in [9.17, 15) is 40.5 Å². The van der Waals surface area contributed by atoms with Gasteiger partial charge in [-0.1, -0.05) is 0 Å². The van der Waals surface area contributed by atoms with Crippen LogP contribution in [0.3, 0.4) is 0 Å². The number of nitro groups is 1. The lowest BCUT2D eigenvalue weighted by Crippen LogP contribution is -2.18. The van der Waals surface area contributed by atoms with E-state index in [0.717, 1.165) is 0 Å². The molecule has 6 nitrogen and oxygen atoms in total. The van der Waals surface area contributed by atoms with Gasteiger partial charge in [0.15, 0.2) is 0 Å². The molecule has 0 amide bonds. The van der Waals surface area contributed by atoms with E-state index in [1.165, 1.54) is 0 Å². The topological polar surface area (TPSA) is 86.5 Å². The molecule has 1 rings (SSSR count). The van der Waals surface area contributed by atoms with Gasteiger partial charge in [0.05, 0.1) is 11.0 Å². The summed E-state index contributed by atoms with van der Waals surface area (Å²) < 4.78 is 87.2. The molecule has 0 aromatic heterocycles. The molecule has 0 saturated carbocycles. The second kappa shape index (κ2) is 5.60. The molecule has 1 aromatic rings. The Morgan fingerprint density at radius 3 is 2.14 bits per heavy atom. The highest BCUT2D eigenvalue weighted by Gasteiger charge is 2.36. The van der Waals surface area contributed by atoms with Gasteiger partial charge in [-0.3, -0.25) is 10.1 Å². The molecule has 0 bridgehead atoms. The molecule has 0 aliphatic heterocycles. The lowest BCUT2D eigenvalue weighted by molar-refractivity contribution is -0.386. The Morgan fingerprint density at radius 2 is 1.81 bits per heavy atom. The first-order valence-electron chi connectivity index (χ1n) is 4.64. The minimum absolute atomic E-state index is 0.0283. The molecule has 0 aliphatic rings. The van der Waals surface area contributed by atoms with Crippen molar-refractivity contribution in [2.24, 2.45) is 0 Å². The fourth-order valence-corrected chi connectivity index (χ4v) is 2.45. The van der Waals surface area contributed by atoms with Crippen molar-refractivity contribution >= 4 is 25.4 Å². The Kier molecular flexibility index (Phi) is 4.63. The summed E-state index contributed by atoms with van der Waals surface area (Å²) in [5.41, 5.74) is -3.18. The fraction of sp³-hybridized carbons (Fsp3) is 0.250. The number of alkyl halides is 5. The molecule has 0 spiro atoms.